The molecule has 4 saturated heterocycles. The van der Waals surface area contributed by atoms with Gasteiger partial charge in [-0.2, -0.15) is 0 Å². The molecular formula is C38H52Br2N2O4. The zero-order valence-corrected chi connectivity index (χ0v) is 30.7. The zero-order chi connectivity index (χ0) is 30.3. The predicted molar refractivity (Wildman–Crippen MR) is 170 cm³/mol. The Bertz CT molecular complexity index is 1200. The van der Waals surface area contributed by atoms with Gasteiger partial charge in [0.15, 0.2) is 0 Å². The average Bonchev–Trinajstić information content (AvgIpc) is 2.94. The summed E-state index contributed by atoms with van der Waals surface area (Å²) in [5, 5.41) is 0. The largest absolute Gasteiger partial charge is 1.00 e. The maximum atomic E-state index is 13.5. The number of piperidine rings is 4. The summed E-state index contributed by atoms with van der Waals surface area (Å²) >= 11 is 0. The van der Waals surface area contributed by atoms with E-state index >= 15 is 0 Å². The normalized spacial score (nSPS) is 37.8. The second-order valence-corrected chi connectivity index (χ2v) is 15.3. The molecule has 6 nitrogen and oxygen atoms in total. The fourth-order valence-corrected chi connectivity index (χ4v) is 10.0. The minimum atomic E-state index is -0.336. The second kappa shape index (κ2) is 14.8. The fourth-order valence-electron chi connectivity index (χ4n) is 10.0. The first-order chi connectivity index (χ1) is 21.3. The van der Waals surface area contributed by atoms with Gasteiger partial charge < -0.3 is 52.4 Å². The van der Waals surface area contributed by atoms with E-state index < -0.39 is 0 Å². The van der Waals surface area contributed by atoms with Crippen molar-refractivity contribution in [3.8, 4) is 0 Å². The average molecular weight is 761 g/mol. The van der Waals surface area contributed by atoms with Gasteiger partial charge in [0.1, 0.15) is 25.3 Å². The molecule has 7 rings (SSSR count). The first kappa shape index (κ1) is 35.6. The Morgan fingerprint density at radius 3 is 1.20 bits per heavy atom. The van der Waals surface area contributed by atoms with Crippen molar-refractivity contribution in [2.45, 2.75) is 127 Å². The summed E-state index contributed by atoms with van der Waals surface area (Å²) in [6.45, 7) is 2.08. The van der Waals surface area contributed by atoms with Crippen molar-refractivity contribution < 1.29 is 62.0 Å². The minimum Gasteiger partial charge on any atom is -1.00 e. The number of fused-ring (bicyclic) bond motifs is 4. The van der Waals surface area contributed by atoms with Crippen molar-refractivity contribution >= 4 is 11.9 Å². The van der Waals surface area contributed by atoms with E-state index in [1.54, 1.807) is 0 Å². The first-order valence-electron chi connectivity index (χ1n) is 17.5. The Kier molecular flexibility index (Phi) is 11.4. The van der Waals surface area contributed by atoms with Crippen LogP contribution >= 0.6 is 0 Å². The van der Waals surface area contributed by atoms with Gasteiger partial charge in [0.25, 0.3) is 0 Å². The molecule has 252 valence electrons. The van der Waals surface area contributed by atoms with Crippen LogP contribution in [-0.2, 0) is 32.2 Å². The van der Waals surface area contributed by atoms with Crippen molar-refractivity contribution in [3.05, 3.63) is 71.8 Å². The van der Waals surface area contributed by atoms with Gasteiger partial charge >= 0.3 is 11.9 Å². The van der Waals surface area contributed by atoms with Crippen LogP contribution in [-0.4, -0.2) is 71.4 Å². The van der Waals surface area contributed by atoms with Crippen molar-refractivity contribution in [3.63, 3.8) is 0 Å². The van der Waals surface area contributed by atoms with E-state index in [-0.39, 0.29) is 69.9 Å². The molecule has 1 aliphatic carbocycles. The van der Waals surface area contributed by atoms with Crippen LogP contribution < -0.4 is 34.0 Å². The van der Waals surface area contributed by atoms with E-state index in [2.05, 4.69) is 74.8 Å². The molecule has 1 saturated carbocycles. The van der Waals surface area contributed by atoms with Crippen LogP contribution in [0.15, 0.2) is 60.7 Å². The highest BCUT2D eigenvalue weighted by Gasteiger charge is 2.53. The van der Waals surface area contributed by atoms with Crippen LogP contribution in [0.1, 0.15) is 88.2 Å². The van der Waals surface area contributed by atoms with E-state index in [9.17, 15) is 9.59 Å². The van der Waals surface area contributed by atoms with E-state index in [1.807, 2.05) is 0 Å². The van der Waals surface area contributed by atoms with Crippen molar-refractivity contribution in [1.29, 1.82) is 0 Å². The summed E-state index contributed by atoms with van der Waals surface area (Å²) in [5.74, 6) is -0.991. The summed E-state index contributed by atoms with van der Waals surface area (Å²) in [5.41, 5.74) is 2.78. The number of nitrogens with zero attached hydrogens (tertiary/aromatic N) is 2. The molecule has 4 bridgehead atoms. The smallest absolute Gasteiger partial charge is 0.310 e. The second-order valence-electron chi connectivity index (χ2n) is 15.3. The number of halogens is 2. The lowest BCUT2D eigenvalue weighted by molar-refractivity contribution is -0.979. The van der Waals surface area contributed by atoms with Crippen LogP contribution in [0.2, 0.25) is 0 Å². The number of hydrogen-bond acceptors (Lipinski definition) is 4. The van der Waals surface area contributed by atoms with Gasteiger partial charge in [0.2, 0.25) is 0 Å². The maximum Gasteiger partial charge on any atom is 0.310 e. The lowest BCUT2D eigenvalue weighted by atomic mass is 9.73. The highest BCUT2D eigenvalue weighted by molar-refractivity contribution is 5.84. The SMILES string of the molecule is C[N+]1(Cc2ccccc2)C2CCCC1CC(OC(=O)C1CCC1C(=O)OC1CC3CCCC(C1)[N+]3(C)Cc1ccccc1)C2.[Br-].[Br-]. The number of quaternary nitrogens is 2. The number of rotatable bonds is 8. The van der Waals surface area contributed by atoms with Gasteiger partial charge in [-0.05, 0) is 51.4 Å². The van der Waals surface area contributed by atoms with E-state index in [0.717, 1.165) is 60.6 Å². The highest BCUT2D eigenvalue weighted by Crippen LogP contribution is 2.45. The molecule has 5 aliphatic rings. The summed E-state index contributed by atoms with van der Waals surface area (Å²) in [6, 6.07) is 23.7. The molecule has 46 heavy (non-hydrogen) atoms. The monoisotopic (exact) mass is 758 g/mol. The molecule has 6 unspecified atom stereocenters. The quantitative estimate of drug-likeness (QED) is 0.292. The van der Waals surface area contributed by atoms with Crippen molar-refractivity contribution in [2.24, 2.45) is 11.8 Å². The van der Waals surface area contributed by atoms with Gasteiger partial charge in [0.05, 0.1) is 50.1 Å². The fraction of sp³-hybridized carbons (Fsp3) is 0.632. The third-order valence-corrected chi connectivity index (χ3v) is 12.8. The number of carbonyl (C=O) groups is 2. The third kappa shape index (κ3) is 7.02. The maximum absolute atomic E-state index is 13.5. The molecule has 0 radical (unpaired) electrons. The predicted octanol–water partition coefficient (Wildman–Crippen LogP) is 0.568. The Morgan fingerprint density at radius 1 is 0.565 bits per heavy atom. The Labute approximate surface area is 296 Å². The standard InChI is InChI=1S/C38H52N2O4.2BrH/c1-39(25-27-11-5-3-6-12-27)29-15-9-16-30(39)22-33(21-29)43-37(41)35-19-20-36(35)38(42)44-34-23-31-17-10-18-32(24-34)40(31,2)26-28-13-7-4-8-14-28;;/h3-8,11-14,29-36H,9-10,15-26H2,1-2H3;2*1H/q+2;;/p-2. The topological polar surface area (TPSA) is 52.6 Å². The lowest BCUT2D eigenvalue weighted by Crippen LogP contribution is -3.00. The lowest BCUT2D eigenvalue weighted by Gasteiger charge is -2.55. The van der Waals surface area contributed by atoms with Crippen LogP contribution in [0.3, 0.4) is 0 Å². The van der Waals surface area contributed by atoms with Crippen LogP contribution in [0.25, 0.3) is 0 Å². The van der Waals surface area contributed by atoms with Gasteiger partial charge in [-0.1, -0.05) is 60.7 Å². The van der Waals surface area contributed by atoms with Gasteiger partial charge in [0, 0.05) is 36.8 Å². The molecule has 8 heteroatoms. The summed E-state index contributed by atoms with van der Waals surface area (Å²) in [4.78, 5) is 26.9. The number of carbonyl (C=O) groups excluding carboxylic acids is 2. The highest BCUT2D eigenvalue weighted by atomic mass is 79.9. The van der Waals surface area contributed by atoms with E-state index in [4.69, 9.17) is 9.47 Å². The number of hydrogen-bond donors (Lipinski definition) is 0. The Balaban J connectivity index is 0.00000208. The summed E-state index contributed by atoms with van der Waals surface area (Å²) in [7, 11) is 4.83. The zero-order valence-electron chi connectivity index (χ0n) is 27.6. The molecule has 2 aromatic carbocycles. The van der Waals surface area contributed by atoms with E-state index in [1.165, 1.54) is 49.7 Å². The third-order valence-electron chi connectivity index (χ3n) is 12.8. The molecule has 0 spiro atoms. The van der Waals surface area contributed by atoms with Gasteiger partial charge in [-0.3, -0.25) is 9.59 Å². The number of ether oxygens (including phenoxy) is 2. The van der Waals surface area contributed by atoms with Crippen molar-refractivity contribution in [1.82, 2.24) is 0 Å². The molecule has 2 aromatic rings. The Morgan fingerprint density at radius 2 is 0.891 bits per heavy atom. The van der Waals surface area contributed by atoms with Gasteiger partial charge in [-0.15, -0.1) is 0 Å². The van der Waals surface area contributed by atoms with Crippen molar-refractivity contribution in [2.75, 3.05) is 14.1 Å². The number of esters is 2. The first-order valence-corrected chi connectivity index (χ1v) is 17.5. The van der Waals surface area contributed by atoms with Crippen LogP contribution in [0, 0.1) is 11.8 Å². The molecule has 6 atom stereocenters. The summed E-state index contributed by atoms with van der Waals surface area (Å²) < 4.78 is 14.6. The molecule has 5 fully saturated rings. The molecule has 0 amide bonds. The molecule has 4 heterocycles. The van der Waals surface area contributed by atoms with Crippen LogP contribution in [0.4, 0.5) is 0 Å². The molecule has 4 aliphatic heterocycles. The van der Waals surface area contributed by atoms with Gasteiger partial charge in [-0.25, -0.2) is 0 Å². The van der Waals surface area contributed by atoms with E-state index in [0.29, 0.717) is 24.2 Å². The molecule has 0 aromatic heterocycles. The summed E-state index contributed by atoms with van der Waals surface area (Å²) in [6.07, 6.45) is 12.4. The molecular weight excluding hydrogens is 708 g/mol. The van der Waals surface area contributed by atoms with Crippen LogP contribution in [0.5, 0.6) is 0 Å². The number of benzene rings is 2. The Hall–Kier alpha value is -1.74. The minimum absolute atomic E-state index is 0. The molecule has 0 N–H and O–H groups in total.